The van der Waals surface area contributed by atoms with Crippen molar-refractivity contribution in [1.29, 1.82) is 0 Å². The average molecular weight is 467 g/mol. The number of hydrogen-bond donors (Lipinski definition) is 0. The minimum atomic E-state index is -1.14. The second-order valence-corrected chi connectivity index (χ2v) is 11.1. The number of ether oxygens (including phenoxy) is 3. The van der Waals surface area contributed by atoms with Crippen LogP contribution in [0.4, 0.5) is 0 Å². The van der Waals surface area contributed by atoms with Gasteiger partial charge >= 0.3 is 11.9 Å². The Kier molecular flexibility index (Phi) is 7.89. The van der Waals surface area contributed by atoms with Gasteiger partial charge in [0, 0.05) is 36.2 Å². The van der Waals surface area contributed by atoms with E-state index in [1.165, 1.54) is 0 Å². The van der Waals surface area contributed by atoms with E-state index in [1.54, 1.807) is 27.9 Å². The smallest absolute Gasteiger partial charge is 0.316 e. The highest BCUT2D eigenvalue weighted by atomic mass is 16.6. The number of cyclic esters (lactones) is 1. The zero-order valence-corrected chi connectivity index (χ0v) is 21.9. The predicted octanol–water partition coefficient (Wildman–Crippen LogP) is 4.15. The molecule has 0 amide bonds. The molecule has 7 heteroatoms. The summed E-state index contributed by atoms with van der Waals surface area (Å²) in [6, 6.07) is 0. The quantitative estimate of drug-likeness (QED) is 0.445. The Morgan fingerprint density at radius 1 is 0.970 bits per heavy atom. The second-order valence-electron chi connectivity index (χ2n) is 11.1. The number of esters is 2. The SMILES string of the molecule is CC[C@H]1OC(=O)[C@H](C)C(=O)[C@H](C)C(C)(C)[C@](C)(OC)C[C@@H](C)C(=O)[C@H](C)[C@H]2CC(=O)O[C@@]21C. The fraction of sp³-hybridized carbons (Fsp3) is 0.846. The van der Waals surface area contributed by atoms with E-state index in [0.717, 1.165) is 0 Å². The van der Waals surface area contributed by atoms with Crippen LogP contribution in [0.3, 0.4) is 0 Å². The third-order valence-electron chi connectivity index (χ3n) is 9.06. The molecule has 0 N–H and O–H groups in total. The lowest BCUT2D eigenvalue weighted by atomic mass is 9.61. The summed E-state index contributed by atoms with van der Waals surface area (Å²) in [4.78, 5) is 52.4. The summed E-state index contributed by atoms with van der Waals surface area (Å²) < 4.78 is 17.5. The van der Waals surface area contributed by atoms with Crippen LogP contribution in [0.1, 0.15) is 81.6 Å². The van der Waals surface area contributed by atoms with Crippen molar-refractivity contribution in [2.24, 2.45) is 35.0 Å². The number of carbonyl (C=O) groups excluding carboxylic acids is 4. The van der Waals surface area contributed by atoms with E-state index in [4.69, 9.17) is 14.2 Å². The van der Waals surface area contributed by atoms with Crippen LogP contribution < -0.4 is 0 Å². The number of methoxy groups -OCH3 is 1. The molecule has 0 radical (unpaired) electrons. The maximum atomic E-state index is 13.6. The summed E-state index contributed by atoms with van der Waals surface area (Å²) in [5.41, 5.74) is -2.61. The van der Waals surface area contributed by atoms with E-state index < -0.39 is 58.3 Å². The van der Waals surface area contributed by atoms with E-state index in [-0.39, 0.29) is 23.9 Å². The van der Waals surface area contributed by atoms with E-state index in [0.29, 0.717) is 12.8 Å². The minimum Gasteiger partial charge on any atom is -0.458 e. The molecular formula is C26H42O7. The van der Waals surface area contributed by atoms with Crippen LogP contribution in [0.15, 0.2) is 0 Å². The maximum Gasteiger partial charge on any atom is 0.316 e. The van der Waals surface area contributed by atoms with Gasteiger partial charge in [-0.05, 0) is 33.6 Å². The van der Waals surface area contributed by atoms with Crippen LogP contribution in [-0.2, 0) is 33.4 Å². The number of rotatable bonds is 2. The van der Waals surface area contributed by atoms with Gasteiger partial charge in [0.2, 0.25) is 0 Å². The number of ketones is 2. The molecule has 2 aliphatic heterocycles. The van der Waals surface area contributed by atoms with Gasteiger partial charge in [-0.2, -0.15) is 0 Å². The molecule has 0 aromatic rings. The Labute approximate surface area is 198 Å². The number of Topliss-reactive ketones (excluding diaryl/α,β-unsaturated/α-hetero) is 2. The molecule has 2 saturated heterocycles. The lowest BCUT2D eigenvalue weighted by Crippen LogP contribution is -2.54. The molecule has 0 aliphatic carbocycles. The fourth-order valence-electron chi connectivity index (χ4n) is 5.82. The standard InChI is InChI=1S/C26H42O7/c1-11-19-26(9)18(12-20(27)33-26)15(3)21(28)14(2)13-25(8,31-10)24(6,7)17(5)22(29)16(4)23(30)32-19/h14-19H,11-13H2,1-10H3/t14-,15-,16-,17+,18-,19-,25-,26+/m1/s1. The second kappa shape index (κ2) is 9.47. The van der Waals surface area contributed by atoms with Crippen LogP contribution in [-0.4, -0.2) is 47.9 Å². The summed E-state index contributed by atoms with van der Waals surface area (Å²) in [5, 5.41) is 0. The molecule has 0 spiro atoms. The van der Waals surface area contributed by atoms with Crippen molar-refractivity contribution in [3.63, 3.8) is 0 Å². The molecule has 0 saturated carbocycles. The Hall–Kier alpha value is -1.76. The summed E-state index contributed by atoms with van der Waals surface area (Å²) in [5.74, 6) is -4.06. The van der Waals surface area contributed by atoms with Crippen LogP contribution >= 0.6 is 0 Å². The lowest BCUT2D eigenvalue weighted by molar-refractivity contribution is -0.185. The Morgan fingerprint density at radius 3 is 2.06 bits per heavy atom. The molecule has 8 atom stereocenters. The van der Waals surface area contributed by atoms with Crippen LogP contribution in [0, 0.1) is 35.0 Å². The van der Waals surface area contributed by atoms with Crippen molar-refractivity contribution in [2.45, 2.75) is 98.9 Å². The molecule has 188 valence electrons. The van der Waals surface area contributed by atoms with Crippen LogP contribution in [0.25, 0.3) is 0 Å². The van der Waals surface area contributed by atoms with Gasteiger partial charge in [0.05, 0.1) is 12.0 Å². The van der Waals surface area contributed by atoms with Crippen LogP contribution in [0.2, 0.25) is 0 Å². The van der Waals surface area contributed by atoms with E-state index in [9.17, 15) is 19.2 Å². The Balaban J connectivity index is 2.63. The third kappa shape index (κ3) is 4.62. The van der Waals surface area contributed by atoms with Gasteiger partial charge in [0.15, 0.2) is 0 Å². The molecule has 0 unspecified atom stereocenters. The first kappa shape index (κ1) is 27.5. The predicted molar refractivity (Wildman–Crippen MR) is 123 cm³/mol. The van der Waals surface area contributed by atoms with E-state index in [2.05, 4.69) is 0 Å². The molecule has 0 aromatic heterocycles. The van der Waals surface area contributed by atoms with Gasteiger partial charge in [-0.1, -0.05) is 41.5 Å². The number of hydrogen-bond acceptors (Lipinski definition) is 7. The van der Waals surface area contributed by atoms with Gasteiger partial charge in [-0.25, -0.2) is 0 Å². The van der Waals surface area contributed by atoms with Crippen molar-refractivity contribution in [1.82, 2.24) is 0 Å². The average Bonchev–Trinajstić information content (AvgIpc) is 3.08. The van der Waals surface area contributed by atoms with E-state index >= 15 is 0 Å². The maximum absolute atomic E-state index is 13.6. The molecule has 2 aliphatic rings. The van der Waals surface area contributed by atoms with Crippen molar-refractivity contribution in [3.8, 4) is 0 Å². The lowest BCUT2D eigenvalue weighted by Gasteiger charge is -2.48. The van der Waals surface area contributed by atoms with Crippen molar-refractivity contribution < 1.29 is 33.4 Å². The molecule has 0 aromatic carbocycles. The van der Waals surface area contributed by atoms with Crippen molar-refractivity contribution in [2.75, 3.05) is 7.11 Å². The van der Waals surface area contributed by atoms with Gasteiger partial charge in [0.25, 0.3) is 0 Å². The largest absolute Gasteiger partial charge is 0.458 e. The number of fused-ring (bicyclic) bond motifs is 1. The molecule has 7 nitrogen and oxygen atoms in total. The monoisotopic (exact) mass is 466 g/mol. The summed E-state index contributed by atoms with van der Waals surface area (Å²) in [6.45, 7) is 16.5. The summed E-state index contributed by atoms with van der Waals surface area (Å²) in [7, 11) is 1.59. The molecule has 2 fully saturated rings. The van der Waals surface area contributed by atoms with Crippen molar-refractivity contribution in [3.05, 3.63) is 0 Å². The highest BCUT2D eigenvalue weighted by molar-refractivity contribution is 6.00. The fourth-order valence-corrected chi connectivity index (χ4v) is 5.82. The molecular weight excluding hydrogens is 424 g/mol. The zero-order valence-electron chi connectivity index (χ0n) is 21.9. The van der Waals surface area contributed by atoms with Gasteiger partial charge in [0.1, 0.15) is 29.2 Å². The molecule has 2 rings (SSSR count). The molecule has 33 heavy (non-hydrogen) atoms. The molecule has 2 heterocycles. The van der Waals surface area contributed by atoms with E-state index in [1.807, 2.05) is 41.5 Å². The summed E-state index contributed by atoms with van der Waals surface area (Å²) in [6.07, 6.45) is 0.137. The van der Waals surface area contributed by atoms with Crippen molar-refractivity contribution >= 4 is 23.5 Å². The third-order valence-corrected chi connectivity index (χ3v) is 9.06. The van der Waals surface area contributed by atoms with Gasteiger partial charge in [-0.15, -0.1) is 0 Å². The first-order valence-electron chi connectivity index (χ1n) is 12.1. The molecule has 0 bridgehead atoms. The highest BCUT2D eigenvalue weighted by Gasteiger charge is 2.57. The zero-order chi connectivity index (χ0) is 25.5. The topological polar surface area (TPSA) is 96.0 Å². The first-order valence-corrected chi connectivity index (χ1v) is 12.1. The first-order chi connectivity index (χ1) is 15.1. The summed E-state index contributed by atoms with van der Waals surface area (Å²) >= 11 is 0. The Bertz CT molecular complexity index is 802. The van der Waals surface area contributed by atoms with Gasteiger partial charge < -0.3 is 14.2 Å². The number of carbonyl (C=O) groups is 4. The van der Waals surface area contributed by atoms with Crippen LogP contribution in [0.5, 0.6) is 0 Å². The minimum absolute atomic E-state index is 0.00851. The van der Waals surface area contributed by atoms with Gasteiger partial charge in [-0.3, -0.25) is 19.2 Å². The Morgan fingerprint density at radius 2 is 1.55 bits per heavy atom. The highest BCUT2D eigenvalue weighted by Crippen LogP contribution is 2.48. The normalized spacial score (nSPS) is 42.8.